The van der Waals surface area contributed by atoms with Crippen molar-refractivity contribution in [2.75, 3.05) is 6.61 Å². The van der Waals surface area contributed by atoms with Gasteiger partial charge in [-0.2, -0.15) is 0 Å². The summed E-state index contributed by atoms with van der Waals surface area (Å²) in [5.74, 6) is -2.33. The number of ketones is 3. The van der Waals surface area contributed by atoms with Gasteiger partial charge < -0.3 is 9.84 Å². The summed E-state index contributed by atoms with van der Waals surface area (Å²) < 4.78 is 5.97. The Bertz CT molecular complexity index is 968. The molecule has 0 aromatic heterocycles. The minimum Gasteiger partial charge on any atom is -0.450 e. The molecule has 0 bridgehead atoms. The average molecular weight is 477 g/mol. The molecule has 4 rings (SSSR count). The maximum absolute atomic E-state index is 13.9. The molecule has 7 heteroatoms. The standard InChI is InChI=1S/C26H33ClO6/c1-5-6-21(32)33-26(20(31)13-28)14(2)9-17-22-18(27)11-15-10-16(29)7-8-24(15,3)23(22)19(30)12-25(17,26)4/h7-8,10,14,17-18,22-23,28H,5-6,9,11-13H2,1-4H3/t14?,17-,18?,22+,23-,24-,25-,26-/m0/s1. The van der Waals surface area contributed by atoms with Crippen molar-refractivity contribution >= 4 is 34.9 Å². The Morgan fingerprint density at radius 3 is 2.61 bits per heavy atom. The Morgan fingerprint density at radius 2 is 1.97 bits per heavy atom. The number of alkyl halides is 1. The normalized spacial score (nSPS) is 43.9. The highest BCUT2D eigenvalue weighted by Crippen LogP contribution is 2.68. The van der Waals surface area contributed by atoms with Gasteiger partial charge in [0.2, 0.25) is 5.78 Å². The van der Waals surface area contributed by atoms with Gasteiger partial charge in [0.25, 0.3) is 0 Å². The first-order chi connectivity index (χ1) is 15.5. The number of rotatable bonds is 5. The number of hydrogen-bond acceptors (Lipinski definition) is 6. The maximum Gasteiger partial charge on any atom is 0.306 e. The van der Waals surface area contributed by atoms with Crippen LogP contribution in [0, 0.1) is 34.5 Å². The SMILES string of the molecule is CCCC(=O)O[C@]1(C(=O)CO)C(C)C[C@H]2[C@@H]3C(Cl)CC4=CC(=O)C=C[C@]4(C)[C@H]3C(=O)C[C@@]21C. The van der Waals surface area contributed by atoms with E-state index in [9.17, 15) is 24.3 Å². The molecule has 6 nitrogen and oxygen atoms in total. The molecule has 0 heterocycles. The summed E-state index contributed by atoms with van der Waals surface area (Å²) in [4.78, 5) is 51.9. The average Bonchev–Trinajstić information content (AvgIpc) is 2.96. The van der Waals surface area contributed by atoms with Gasteiger partial charge >= 0.3 is 5.97 Å². The summed E-state index contributed by atoms with van der Waals surface area (Å²) in [5, 5.41) is 9.51. The number of hydrogen-bond donors (Lipinski definition) is 1. The molecule has 1 N–H and O–H groups in total. The van der Waals surface area contributed by atoms with Crippen molar-refractivity contribution in [3.05, 3.63) is 23.8 Å². The number of esters is 1. The van der Waals surface area contributed by atoms with Gasteiger partial charge in [-0.05, 0) is 43.3 Å². The fourth-order valence-corrected chi connectivity index (χ4v) is 8.18. The molecule has 0 radical (unpaired) electrons. The second kappa shape index (κ2) is 8.16. The highest BCUT2D eigenvalue weighted by molar-refractivity contribution is 6.21. The van der Waals surface area contributed by atoms with Crippen LogP contribution in [-0.4, -0.2) is 46.0 Å². The quantitative estimate of drug-likeness (QED) is 0.481. The van der Waals surface area contributed by atoms with Crippen LogP contribution >= 0.6 is 11.6 Å². The van der Waals surface area contributed by atoms with E-state index in [4.69, 9.17) is 16.3 Å². The Labute approximate surface area is 199 Å². The summed E-state index contributed by atoms with van der Waals surface area (Å²) >= 11 is 6.95. The number of allylic oxidation sites excluding steroid dienone is 4. The summed E-state index contributed by atoms with van der Waals surface area (Å²) in [7, 11) is 0. The van der Waals surface area contributed by atoms with E-state index >= 15 is 0 Å². The molecule has 0 aliphatic heterocycles. The van der Waals surface area contributed by atoms with Crippen molar-refractivity contribution in [1.82, 2.24) is 0 Å². The third-order valence-electron chi connectivity index (χ3n) is 9.07. The summed E-state index contributed by atoms with van der Waals surface area (Å²) in [5.41, 5.74) is -2.25. The van der Waals surface area contributed by atoms with Gasteiger partial charge in [-0.15, -0.1) is 11.6 Å². The summed E-state index contributed by atoms with van der Waals surface area (Å²) in [6, 6.07) is 0. The van der Waals surface area contributed by atoms with Crippen molar-refractivity contribution in [3.63, 3.8) is 0 Å². The molecule has 0 aromatic carbocycles. The highest BCUT2D eigenvalue weighted by atomic mass is 35.5. The molecule has 3 saturated carbocycles. The zero-order valence-electron chi connectivity index (χ0n) is 19.7. The topological polar surface area (TPSA) is 97.7 Å². The number of ether oxygens (including phenoxy) is 1. The van der Waals surface area contributed by atoms with Gasteiger partial charge in [0.15, 0.2) is 11.4 Å². The molecular formula is C26H33ClO6. The smallest absolute Gasteiger partial charge is 0.306 e. The van der Waals surface area contributed by atoms with E-state index < -0.39 is 40.7 Å². The summed E-state index contributed by atoms with van der Waals surface area (Å²) in [6.45, 7) is 6.82. The molecule has 2 unspecified atom stereocenters. The van der Waals surface area contributed by atoms with Crippen LogP contribution in [0.3, 0.4) is 0 Å². The van der Waals surface area contributed by atoms with Gasteiger partial charge in [-0.3, -0.25) is 19.2 Å². The second-order valence-electron chi connectivity index (χ2n) is 10.8. The van der Waals surface area contributed by atoms with E-state index in [1.165, 1.54) is 6.08 Å². The zero-order valence-corrected chi connectivity index (χ0v) is 20.5. The number of halogens is 1. The molecule has 33 heavy (non-hydrogen) atoms. The van der Waals surface area contributed by atoms with Crippen molar-refractivity contribution in [2.24, 2.45) is 34.5 Å². The van der Waals surface area contributed by atoms with Gasteiger partial charge in [-0.1, -0.05) is 39.3 Å². The maximum atomic E-state index is 13.9. The van der Waals surface area contributed by atoms with E-state index in [2.05, 4.69) is 0 Å². The Kier molecular flexibility index (Phi) is 6.02. The number of carbonyl (C=O) groups is 4. The van der Waals surface area contributed by atoms with E-state index in [1.807, 2.05) is 33.8 Å². The number of aliphatic hydroxyl groups is 1. The third kappa shape index (κ3) is 3.23. The number of fused-ring (bicyclic) bond motifs is 5. The molecule has 180 valence electrons. The lowest BCUT2D eigenvalue weighted by atomic mass is 9.46. The van der Waals surface area contributed by atoms with E-state index in [0.717, 1.165) is 5.57 Å². The molecule has 4 aliphatic carbocycles. The molecule has 0 spiro atoms. The first-order valence-electron chi connectivity index (χ1n) is 11.9. The van der Waals surface area contributed by atoms with Crippen LogP contribution in [0.5, 0.6) is 0 Å². The van der Waals surface area contributed by atoms with Crippen LogP contribution in [0.2, 0.25) is 0 Å². The Hall–Kier alpha value is -1.79. The predicted molar refractivity (Wildman–Crippen MR) is 122 cm³/mol. The molecule has 4 aliphatic rings. The van der Waals surface area contributed by atoms with E-state index in [-0.39, 0.29) is 47.5 Å². The molecule has 3 fully saturated rings. The number of Topliss-reactive ketones (excluding diaryl/α,β-unsaturated/α-hetero) is 2. The lowest BCUT2D eigenvalue weighted by Crippen LogP contribution is -2.64. The fourth-order valence-electron chi connectivity index (χ4n) is 7.69. The van der Waals surface area contributed by atoms with Crippen LogP contribution in [0.1, 0.15) is 59.8 Å². The van der Waals surface area contributed by atoms with Crippen LogP contribution in [0.4, 0.5) is 0 Å². The van der Waals surface area contributed by atoms with Crippen LogP contribution in [0.15, 0.2) is 23.8 Å². The van der Waals surface area contributed by atoms with Gasteiger partial charge in [0, 0.05) is 40.9 Å². The van der Waals surface area contributed by atoms with E-state index in [1.54, 1.807) is 6.08 Å². The van der Waals surface area contributed by atoms with Gasteiger partial charge in [-0.25, -0.2) is 0 Å². The van der Waals surface area contributed by atoms with Crippen molar-refractivity contribution in [1.29, 1.82) is 0 Å². The fraction of sp³-hybridized carbons (Fsp3) is 0.692. The van der Waals surface area contributed by atoms with Crippen molar-refractivity contribution in [2.45, 2.75) is 70.8 Å². The molecule has 0 saturated heterocycles. The largest absolute Gasteiger partial charge is 0.450 e. The van der Waals surface area contributed by atoms with Crippen LogP contribution < -0.4 is 0 Å². The predicted octanol–water partition coefficient (Wildman–Crippen LogP) is 3.58. The van der Waals surface area contributed by atoms with Crippen LogP contribution in [-0.2, 0) is 23.9 Å². The first kappa shape index (κ1) is 24.3. The monoisotopic (exact) mass is 476 g/mol. The highest BCUT2D eigenvalue weighted by Gasteiger charge is 2.73. The summed E-state index contributed by atoms with van der Waals surface area (Å²) in [6.07, 6.45) is 6.83. The molecular weight excluding hydrogens is 444 g/mol. The molecule has 0 aromatic rings. The van der Waals surface area contributed by atoms with Crippen molar-refractivity contribution < 1.29 is 29.0 Å². The van der Waals surface area contributed by atoms with Gasteiger partial charge in [0.05, 0.1) is 0 Å². The minimum absolute atomic E-state index is 0.0349. The Balaban J connectivity index is 1.83. The third-order valence-corrected chi connectivity index (χ3v) is 9.52. The second-order valence-corrected chi connectivity index (χ2v) is 11.4. The first-order valence-corrected chi connectivity index (χ1v) is 12.4. The molecule has 0 amide bonds. The van der Waals surface area contributed by atoms with Gasteiger partial charge in [0.1, 0.15) is 12.4 Å². The Morgan fingerprint density at radius 1 is 1.27 bits per heavy atom. The lowest BCUT2D eigenvalue weighted by Gasteiger charge is -2.58. The lowest BCUT2D eigenvalue weighted by molar-refractivity contribution is -0.196. The minimum atomic E-state index is -1.56. The number of carbonyl (C=O) groups excluding carboxylic acids is 4. The van der Waals surface area contributed by atoms with Crippen molar-refractivity contribution in [3.8, 4) is 0 Å². The number of aliphatic hydroxyl groups excluding tert-OH is 1. The van der Waals surface area contributed by atoms with Crippen LogP contribution in [0.25, 0.3) is 0 Å². The zero-order chi connectivity index (χ0) is 24.3. The molecule has 8 atom stereocenters. The van der Waals surface area contributed by atoms with E-state index in [0.29, 0.717) is 19.3 Å².